The van der Waals surface area contributed by atoms with E-state index < -0.39 is 0 Å². The van der Waals surface area contributed by atoms with Gasteiger partial charge in [-0.3, -0.25) is 4.79 Å². The third-order valence-corrected chi connectivity index (χ3v) is 1.48. The van der Waals surface area contributed by atoms with Crippen molar-refractivity contribution in [2.24, 2.45) is 0 Å². The number of ether oxygens (including phenoxy) is 2. The quantitative estimate of drug-likeness (QED) is 0.427. The first kappa shape index (κ1) is 18.3. The SMILES string of the molecule is C=COC=C.CC(=O)OCc1ccccc1.[Hg]. The molecule has 0 amide bonds. The molecule has 0 radical (unpaired) electrons. The molecule has 0 aliphatic heterocycles. The molecule has 4 heteroatoms. The van der Waals surface area contributed by atoms with Gasteiger partial charge in [0.25, 0.3) is 0 Å². The molecule has 17 heavy (non-hydrogen) atoms. The van der Waals surface area contributed by atoms with Crippen molar-refractivity contribution >= 4 is 5.97 Å². The zero-order valence-corrected chi connectivity index (χ0v) is 15.6. The van der Waals surface area contributed by atoms with E-state index in [1.807, 2.05) is 30.3 Å². The number of carbonyl (C=O) groups is 1. The number of hydrogen-bond acceptors (Lipinski definition) is 3. The standard InChI is InChI=1S/C9H10O2.C4H6O.Hg/c1-8(10)11-7-9-5-3-2-4-6-9;1-3-5-4-2;/h2-6H,7H2,1H3;3-4H,1-2H2;. The first-order valence-electron chi connectivity index (χ1n) is 4.75. The maximum absolute atomic E-state index is 10.4. The molecule has 0 aliphatic rings. The summed E-state index contributed by atoms with van der Waals surface area (Å²) in [6.07, 6.45) is 2.62. The Morgan fingerprint density at radius 2 is 1.76 bits per heavy atom. The molecule has 1 aromatic rings. The third kappa shape index (κ3) is 12.8. The monoisotopic (exact) mass is 422 g/mol. The van der Waals surface area contributed by atoms with Crippen molar-refractivity contribution in [3.8, 4) is 0 Å². The third-order valence-electron chi connectivity index (χ3n) is 1.48. The minimum Gasteiger partial charge on any atom is -0.474 e. The predicted molar refractivity (Wildman–Crippen MR) is 63.4 cm³/mol. The van der Waals surface area contributed by atoms with E-state index in [0.717, 1.165) is 5.56 Å². The van der Waals surface area contributed by atoms with Gasteiger partial charge in [-0.2, -0.15) is 0 Å². The Kier molecular flexibility index (Phi) is 13.9. The summed E-state index contributed by atoms with van der Waals surface area (Å²) >= 11 is 0. The van der Waals surface area contributed by atoms with Gasteiger partial charge < -0.3 is 9.47 Å². The van der Waals surface area contributed by atoms with Crippen LogP contribution in [0.25, 0.3) is 0 Å². The number of benzene rings is 1. The molecule has 88 valence electrons. The molecule has 0 N–H and O–H groups in total. The first-order valence-corrected chi connectivity index (χ1v) is 4.75. The molecule has 3 nitrogen and oxygen atoms in total. The fraction of sp³-hybridized carbons (Fsp3) is 0.154. The summed E-state index contributed by atoms with van der Waals surface area (Å²) in [5.41, 5.74) is 1.02. The maximum atomic E-state index is 10.4. The summed E-state index contributed by atoms with van der Waals surface area (Å²) in [5, 5.41) is 0. The topological polar surface area (TPSA) is 35.5 Å². The van der Waals surface area contributed by atoms with Gasteiger partial charge in [0.1, 0.15) is 6.61 Å². The molecule has 0 aliphatic carbocycles. The van der Waals surface area contributed by atoms with E-state index in [2.05, 4.69) is 17.9 Å². The molecule has 0 fully saturated rings. The molecule has 0 bridgehead atoms. The van der Waals surface area contributed by atoms with Gasteiger partial charge in [-0.25, -0.2) is 0 Å². The molecular formula is C13H16HgO3. The van der Waals surface area contributed by atoms with Gasteiger partial charge in [0, 0.05) is 34.6 Å². The summed E-state index contributed by atoms with van der Waals surface area (Å²) < 4.78 is 9.15. The normalized spacial score (nSPS) is 7.59. The van der Waals surface area contributed by atoms with Crippen molar-refractivity contribution in [2.75, 3.05) is 0 Å². The van der Waals surface area contributed by atoms with Crippen LogP contribution in [-0.4, -0.2) is 5.97 Å². The van der Waals surface area contributed by atoms with E-state index in [0.29, 0.717) is 6.61 Å². The number of hydrogen-bond donors (Lipinski definition) is 0. The van der Waals surface area contributed by atoms with Crippen LogP contribution < -0.4 is 0 Å². The van der Waals surface area contributed by atoms with Gasteiger partial charge in [-0.1, -0.05) is 43.5 Å². The zero-order chi connectivity index (χ0) is 12.2. The minimum atomic E-state index is -0.242. The van der Waals surface area contributed by atoms with E-state index in [1.165, 1.54) is 19.4 Å². The van der Waals surface area contributed by atoms with Crippen molar-refractivity contribution in [3.63, 3.8) is 0 Å². The largest absolute Gasteiger partial charge is 0.474 e. The molecule has 0 saturated heterocycles. The van der Waals surface area contributed by atoms with Crippen LogP contribution in [0.1, 0.15) is 12.5 Å². The minimum absolute atomic E-state index is 0. The van der Waals surface area contributed by atoms with Gasteiger partial charge >= 0.3 is 5.97 Å². The smallest absolute Gasteiger partial charge is 0.302 e. The van der Waals surface area contributed by atoms with Crippen LogP contribution in [-0.2, 0) is 48.5 Å². The average Bonchev–Trinajstić information content (AvgIpc) is 2.30. The zero-order valence-electron chi connectivity index (χ0n) is 10.1. The van der Waals surface area contributed by atoms with Crippen LogP contribution in [0.15, 0.2) is 56.0 Å². The molecular weight excluding hydrogens is 405 g/mol. The average molecular weight is 421 g/mol. The van der Waals surface area contributed by atoms with E-state index in [1.54, 1.807) is 0 Å². The summed E-state index contributed by atoms with van der Waals surface area (Å²) in [6, 6.07) is 9.60. The molecule has 1 rings (SSSR count). The Labute approximate surface area is 123 Å². The van der Waals surface area contributed by atoms with Crippen molar-refractivity contribution < 1.29 is 41.9 Å². The Morgan fingerprint density at radius 3 is 2.12 bits per heavy atom. The first-order chi connectivity index (χ1) is 7.70. The Bertz CT molecular complexity index is 317. The van der Waals surface area contributed by atoms with Gasteiger partial charge in [-0.15, -0.1) is 0 Å². The number of esters is 1. The molecule has 1 aromatic carbocycles. The van der Waals surface area contributed by atoms with Crippen LogP contribution >= 0.6 is 0 Å². The van der Waals surface area contributed by atoms with Crippen LogP contribution in [0, 0.1) is 0 Å². The molecule has 0 heterocycles. The van der Waals surface area contributed by atoms with Crippen LogP contribution in [0.2, 0.25) is 0 Å². The van der Waals surface area contributed by atoms with Gasteiger partial charge in [0.15, 0.2) is 0 Å². The molecule has 0 aromatic heterocycles. The fourth-order valence-electron chi connectivity index (χ4n) is 0.827. The predicted octanol–water partition coefficient (Wildman–Crippen LogP) is 3.04. The van der Waals surface area contributed by atoms with Crippen LogP contribution in [0.3, 0.4) is 0 Å². The Morgan fingerprint density at radius 1 is 1.24 bits per heavy atom. The van der Waals surface area contributed by atoms with Crippen molar-refractivity contribution in [1.82, 2.24) is 0 Å². The summed E-state index contributed by atoms with van der Waals surface area (Å²) in [7, 11) is 0. The molecule has 0 unspecified atom stereocenters. The summed E-state index contributed by atoms with van der Waals surface area (Å²) in [6.45, 7) is 8.29. The second-order valence-electron chi connectivity index (χ2n) is 2.74. The second-order valence-corrected chi connectivity index (χ2v) is 2.74. The Hall–Kier alpha value is -1.09. The van der Waals surface area contributed by atoms with Gasteiger partial charge in [-0.05, 0) is 5.56 Å². The van der Waals surface area contributed by atoms with Gasteiger partial charge in [0.05, 0.1) is 12.5 Å². The van der Waals surface area contributed by atoms with Crippen LogP contribution in [0.5, 0.6) is 0 Å². The van der Waals surface area contributed by atoms with E-state index in [-0.39, 0.29) is 33.6 Å². The van der Waals surface area contributed by atoms with E-state index in [9.17, 15) is 4.79 Å². The molecule has 0 atom stereocenters. The Balaban J connectivity index is 0. The van der Waals surface area contributed by atoms with E-state index >= 15 is 0 Å². The number of carbonyl (C=O) groups excluding carboxylic acids is 1. The molecule has 0 spiro atoms. The fourth-order valence-corrected chi connectivity index (χ4v) is 0.827. The van der Waals surface area contributed by atoms with Crippen molar-refractivity contribution in [1.29, 1.82) is 0 Å². The van der Waals surface area contributed by atoms with E-state index in [4.69, 9.17) is 4.74 Å². The summed E-state index contributed by atoms with van der Waals surface area (Å²) in [4.78, 5) is 10.4. The summed E-state index contributed by atoms with van der Waals surface area (Å²) in [5.74, 6) is -0.242. The van der Waals surface area contributed by atoms with Gasteiger partial charge in [0.2, 0.25) is 0 Å². The second kappa shape index (κ2) is 13.0. The maximum Gasteiger partial charge on any atom is 0.302 e. The number of rotatable bonds is 4. The van der Waals surface area contributed by atoms with Crippen molar-refractivity contribution in [3.05, 3.63) is 61.6 Å². The van der Waals surface area contributed by atoms with Crippen LogP contribution in [0.4, 0.5) is 0 Å². The molecule has 0 saturated carbocycles. The van der Waals surface area contributed by atoms with Crippen molar-refractivity contribution in [2.45, 2.75) is 13.5 Å².